The van der Waals surface area contributed by atoms with Crippen LogP contribution in [-0.4, -0.2) is 19.1 Å². The molecule has 8 aromatic carbocycles. The molecule has 20 heteroatoms. The van der Waals surface area contributed by atoms with Crippen LogP contribution in [0.1, 0.15) is 74.2 Å². The fraction of sp³-hybridized carbons (Fsp3) is 0.175. The van der Waals surface area contributed by atoms with Crippen LogP contribution in [-0.2, 0) is 4.84 Å². The molecule has 0 aromatic heterocycles. The van der Waals surface area contributed by atoms with E-state index in [0.29, 0.717) is 15.9 Å². The van der Waals surface area contributed by atoms with Gasteiger partial charge in [-0.15, -0.1) is 10.9 Å². The van der Waals surface area contributed by atoms with Gasteiger partial charge in [0, 0.05) is 11.1 Å². The molecule has 2 aliphatic heterocycles. The highest BCUT2D eigenvalue weighted by molar-refractivity contribution is 7.99. The number of aryl methyl sites for hydroxylation is 6. The Balaban J connectivity index is 0.00000130. The van der Waals surface area contributed by atoms with Crippen molar-refractivity contribution >= 4 is 59.3 Å². The molecule has 0 bridgehead atoms. The van der Waals surface area contributed by atoms with Gasteiger partial charge in [-0.05, 0) is 87.4 Å². The summed E-state index contributed by atoms with van der Waals surface area (Å²) < 4.78 is 257. The van der Waals surface area contributed by atoms with E-state index in [4.69, 9.17) is 4.84 Å². The van der Waals surface area contributed by atoms with Crippen LogP contribution in [0.2, 0.25) is 19.6 Å². The van der Waals surface area contributed by atoms with Crippen LogP contribution in [0.25, 0.3) is 21.5 Å². The van der Waals surface area contributed by atoms with Crippen LogP contribution in [0, 0.1) is 129 Å². The van der Waals surface area contributed by atoms with Crippen molar-refractivity contribution in [3.8, 4) is 0 Å². The Bertz CT molecular complexity index is 3900. The van der Waals surface area contributed by atoms with Crippen LogP contribution in [0.4, 0.5) is 65.9 Å². The highest BCUT2D eigenvalue weighted by atomic mass is 31.2. The molecule has 2 nitrogen and oxygen atoms in total. The molecule has 0 amide bonds. The average Bonchev–Trinajstić information content (AvgIpc) is 1.54. The lowest BCUT2D eigenvalue weighted by Gasteiger charge is -2.54. The average molecular weight is 1190 g/mol. The molecule has 2 heterocycles. The third kappa shape index (κ3) is 9.19. The maximum atomic E-state index is 18.4. The molecule has 10 rings (SSSR count). The maximum Gasteiger partial charge on any atom is 0.230 e. The Labute approximate surface area is 470 Å². The lowest BCUT2D eigenvalue weighted by atomic mass is 9.20. The van der Waals surface area contributed by atoms with Gasteiger partial charge in [0.05, 0.1) is 13.4 Å². The minimum absolute atomic E-state index is 0.0600. The standard InChI is InChI=1S/C57H44BF15NOPSi.C6H6/c1-24-20-26(3)34(27(4)21-24)55-36-32-18-14-15-19-33(32)57(77(8,9)10)37(35-39(59)43(63)47(67)44(64)40(35)60)58(36,38-41(61)45(65)48(68)46(66)42(38)62)74(75-30(7)31-16-12-11-13-17-31)76(55,54-28(5)22-25(2)23-29(54)6)56-52(72)50(70)49(69)51(71)53(56)73;1-2-4-6-5-3-1/h11-23,30H,1-10H3;1-6H/t30-,58-,76?;/m1./s1. The van der Waals surface area contributed by atoms with Crippen LogP contribution in [0.5, 0.6) is 0 Å². The first-order valence-electron chi connectivity index (χ1n) is 25.9. The third-order valence-electron chi connectivity index (χ3n) is 15.3. The summed E-state index contributed by atoms with van der Waals surface area (Å²) in [6, 6.07) is 30.3. The van der Waals surface area contributed by atoms with Crippen molar-refractivity contribution in [2.75, 3.05) is 0 Å². The molecule has 3 atom stereocenters. The van der Waals surface area contributed by atoms with Crippen molar-refractivity contribution in [3.05, 3.63) is 264 Å². The molecule has 0 spiro atoms. The van der Waals surface area contributed by atoms with E-state index >= 15 is 65.9 Å². The van der Waals surface area contributed by atoms with Gasteiger partial charge in [0.2, 0.25) is 41.2 Å². The van der Waals surface area contributed by atoms with E-state index in [-0.39, 0.29) is 44.5 Å². The molecule has 0 saturated carbocycles. The Morgan fingerprint density at radius 2 is 0.771 bits per heavy atom. The van der Waals surface area contributed by atoms with E-state index < -0.39 is 158 Å². The first-order chi connectivity index (χ1) is 39.0. The van der Waals surface area contributed by atoms with Gasteiger partial charge in [0.15, 0.2) is 53.4 Å². The third-order valence-corrected chi connectivity index (χ3v) is 21.8. The van der Waals surface area contributed by atoms with E-state index in [2.05, 4.69) is 0 Å². The Morgan fingerprint density at radius 3 is 1.20 bits per heavy atom. The summed E-state index contributed by atoms with van der Waals surface area (Å²) in [7, 11) is -9.83. The molecular weight excluding hydrogens is 1140 g/mol. The monoisotopic (exact) mass is 1190 g/mol. The van der Waals surface area contributed by atoms with Gasteiger partial charge in [-0.2, -0.15) is 14.3 Å². The quantitative estimate of drug-likeness (QED) is 0.0470. The van der Waals surface area contributed by atoms with Crippen molar-refractivity contribution in [1.29, 1.82) is 0 Å². The van der Waals surface area contributed by atoms with Gasteiger partial charge in [-0.3, -0.25) is 4.84 Å². The second-order valence-corrected chi connectivity index (χ2v) is 29.8. The number of rotatable bonds is 9. The number of halogens is 15. The first kappa shape index (κ1) is 60.4. The predicted octanol–water partition coefficient (Wildman–Crippen LogP) is 17.5. The molecule has 0 aliphatic carbocycles. The zero-order valence-electron chi connectivity index (χ0n) is 46.1. The molecule has 83 heavy (non-hydrogen) atoms. The first-order valence-corrected chi connectivity index (χ1v) is 31.2. The SMILES string of the molecule is Cc1cc(C)c(C2=C3c4ccccc4C([Si](C)(C)C)=C(c4c(F)c(F)c(F)c(F)c4F)[B@-]3(c3c(F)c(F)c(F)c(F)c3F)N(O[C@H](C)c3ccccc3)[P+]2(c2c(C)cc(C)cc2C)c2c(F)c(F)c(F)c(F)c2F)c(C)c1.c1ccccc1. The van der Waals surface area contributed by atoms with Gasteiger partial charge in [-0.1, -0.05) is 151 Å². The molecule has 0 N–H and O–H groups in total. The summed E-state index contributed by atoms with van der Waals surface area (Å²) in [4.78, 5) is 7.08. The van der Waals surface area contributed by atoms with Crippen LogP contribution < -0.4 is 16.1 Å². The number of hydrogen-bond donors (Lipinski definition) is 0. The van der Waals surface area contributed by atoms with Gasteiger partial charge in [0.25, 0.3) is 0 Å². The van der Waals surface area contributed by atoms with E-state index in [9.17, 15) is 0 Å². The van der Waals surface area contributed by atoms with Crippen molar-refractivity contribution in [3.63, 3.8) is 0 Å². The minimum Gasteiger partial charge on any atom is -0.298 e. The lowest BCUT2D eigenvalue weighted by Crippen LogP contribution is -2.67. The second-order valence-electron chi connectivity index (χ2n) is 21.8. The highest BCUT2D eigenvalue weighted by Gasteiger charge is 2.73. The molecule has 430 valence electrons. The fourth-order valence-electron chi connectivity index (χ4n) is 12.5. The molecule has 1 unspecified atom stereocenters. The molecule has 0 saturated heterocycles. The lowest BCUT2D eigenvalue weighted by molar-refractivity contribution is -0.0711. The summed E-state index contributed by atoms with van der Waals surface area (Å²) in [5.41, 5.74) is -5.97. The van der Waals surface area contributed by atoms with Gasteiger partial charge in [0.1, 0.15) is 23.0 Å². The molecule has 2 aliphatic rings. The summed E-state index contributed by atoms with van der Waals surface area (Å²) in [6.07, 6.45) is -7.09. The summed E-state index contributed by atoms with van der Waals surface area (Å²) in [6.45, 7) is 14.4. The Morgan fingerprint density at radius 1 is 0.410 bits per heavy atom. The normalized spacial score (nSPS) is 17.4. The maximum absolute atomic E-state index is 18.4. The van der Waals surface area contributed by atoms with Crippen molar-refractivity contribution in [1.82, 2.24) is 4.74 Å². The number of fused-ring (bicyclic) bond motifs is 3. The van der Waals surface area contributed by atoms with Crippen molar-refractivity contribution < 1.29 is 70.7 Å². The largest absolute Gasteiger partial charge is 0.298 e. The van der Waals surface area contributed by atoms with E-state index in [1.54, 1.807) is 13.8 Å². The minimum atomic E-state index is -5.93. The van der Waals surface area contributed by atoms with Crippen molar-refractivity contribution in [2.45, 2.75) is 74.2 Å². The van der Waals surface area contributed by atoms with Crippen molar-refractivity contribution in [2.24, 2.45) is 0 Å². The molecule has 8 aromatic rings. The molecule has 0 radical (unpaired) electrons. The van der Waals surface area contributed by atoms with E-state index in [1.165, 1.54) is 133 Å². The van der Waals surface area contributed by atoms with Crippen LogP contribution >= 0.6 is 7.41 Å². The van der Waals surface area contributed by atoms with Crippen LogP contribution in [0.15, 0.2) is 115 Å². The summed E-state index contributed by atoms with van der Waals surface area (Å²) in [5, 5.41) is -3.32. The second kappa shape index (κ2) is 22.1. The van der Waals surface area contributed by atoms with E-state index in [0.717, 1.165) is 0 Å². The topological polar surface area (TPSA) is 12.5 Å². The van der Waals surface area contributed by atoms with Gasteiger partial charge >= 0.3 is 0 Å². The number of nitrogens with zero attached hydrogens (tertiary/aromatic N) is 1. The molecule has 0 fully saturated rings. The predicted molar refractivity (Wildman–Crippen MR) is 299 cm³/mol. The zero-order chi connectivity index (χ0) is 60.8. The van der Waals surface area contributed by atoms with E-state index in [1.807, 2.05) is 36.4 Å². The Hall–Kier alpha value is -7.18. The smallest absolute Gasteiger partial charge is 0.230 e. The van der Waals surface area contributed by atoms with Crippen LogP contribution in [0.3, 0.4) is 0 Å². The fourth-order valence-corrected chi connectivity index (χ4v) is 20.4. The zero-order valence-corrected chi connectivity index (χ0v) is 48.0. The Kier molecular flexibility index (Phi) is 16.1. The van der Waals surface area contributed by atoms with Gasteiger partial charge in [-0.25, -0.2) is 61.8 Å². The van der Waals surface area contributed by atoms with Gasteiger partial charge < -0.3 is 0 Å². The summed E-state index contributed by atoms with van der Waals surface area (Å²) >= 11 is 0. The molecular formula is C63H50BF15NOPSi. The highest BCUT2D eigenvalue weighted by Crippen LogP contribution is 2.82. The number of hydrogen-bond acceptors (Lipinski definition) is 2. The number of benzene rings is 8. The summed E-state index contributed by atoms with van der Waals surface area (Å²) in [5.74, 6) is -40.2.